The third kappa shape index (κ3) is 2.77. The predicted octanol–water partition coefficient (Wildman–Crippen LogP) is 4.19. The summed E-state index contributed by atoms with van der Waals surface area (Å²) >= 11 is 0. The van der Waals surface area contributed by atoms with Crippen LogP contribution in [0.3, 0.4) is 0 Å². The van der Waals surface area contributed by atoms with Crippen LogP contribution in [0, 0.1) is 5.92 Å². The molecule has 0 amide bonds. The molecule has 0 aliphatic heterocycles. The summed E-state index contributed by atoms with van der Waals surface area (Å²) in [5.41, 5.74) is 10.4. The lowest BCUT2D eigenvalue weighted by atomic mass is 9.90. The van der Waals surface area contributed by atoms with E-state index in [4.69, 9.17) is 5.53 Å². The minimum atomic E-state index is 0.355. The Morgan fingerprint density at radius 1 is 1.47 bits per heavy atom. The molecule has 1 aliphatic rings. The van der Waals surface area contributed by atoms with Gasteiger partial charge in [-0.2, -0.15) is 0 Å². The van der Waals surface area contributed by atoms with Crippen LogP contribution in [0.4, 0.5) is 0 Å². The normalized spacial score (nSPS) is 23.4. The topological polar surface area (TPSA) is 61.7 Å². The molecule has 1 fully saturated rings. The standard InChI is InChI=1S/C13H18N4/c1-2-10-5-3-7-12(10)13-8-4-6-11(16-13)9-15-17-14/h4,6,8,10,12H,2-3,5,7,9H2,1H3. The Hall–Kier alpha value is -1.54. The van der Waals surface area contributed by atoms with Gasteiger partial charge in [0.1, 0.15) is 0 Å². The van der Waals surface area contributed by atoms with Crippen molar-refractivity contribution >= 4 is 0 Å². The van der Waals surface area contributed by atoms with Crippen LogP contribution in [-0.4, -0.2) is 4.98 Å². The van der Waals surface area contributed by atoms with E-state index in [0.717, 1.165) is 11.6 Å². The van der Waals surface area contributed by atoms with Crippen molar-refractivity contribution in [2.24, 2.45) is 11.0 Å². The Morgan fingerprint density at radius 3 is 3.12 bits per heavy atom. The molecule has 1 aromatic rings. The van der Waals surface area contributed by atoms with Gasteiger partial charge in [0, 0.05) is 22.2 Å². The fourth-order valence-corrected chi connectivity index (χ4v) is 2.81. The number of hydrogen-bond acceptors (Lipinski definition) is 2. The van der Waals surface area contributed by atoms with Crippen LogP contribution in [0.2, 0.25) is 0 Å². The SMILES string of the molecule is CCC1CCCC1c1cccc(CN=[N+]=[N-])n1. The minimum absolute atomic E-state index is 0.355. The first-order chi connectivity index (χ1) is 8.35. The number of hydrogen-bond donors (Lipinski definition) is 0. The summed E-state index contributed by atoms with van der Waals surface area (Å²) in [7, 11) is 0. The zero-order chi connectivity index (χ0) is 12.1. The van der Waals surface area contributed by atoms with E-state index in [0.29, 0.717) is 12.5 Å². The molecule has 1 aliphatic carbocycles. The maximum Gasteiger partial charge on any atom is 0.0684 e. The Balaban J connectivity index is 2.17. The first-order valence-corrected chi connectivity index (χ1v) is 6.31. The zero-order valence-electron chi connectivity index (χ0n) is 10.2. The lowest BCUT2D eigenvalue weighted by molar-refractivity contribution is 0.461. The zero-order valence-corrected chi connectivity index (χ0v) is 10.2. The van der Waals surface area contributed by atoms with E-state index < -0.39 is 0 Å². The van der Waals surface area contributed by atoms with Crippen molar-refractivity contribution in [2.45, 2.75) is 45.1 Å². The van der Waals surface area contributed by atoms with Crippen molar-refractivity contribution in [1.29, 1.82) is 0 Å². The Morgan fingerprint density at radius 2 is 2.35 bits per heavy atom. The van der Waals surface area contributed by atoms with Crippen molar-refractivity contribution in [3.05, 3.63) is 40.0 Å². The third-order valence-corrected chi connectivity index (χ3v) is 3.69. The molecule has 90 valence electrons. The highest BCUT2D eigenvalue weighted by molar-refractivity contribution is 5.17. The molecule has 0 N–H and O–H groups in total. The van der Waals surface area contributed by atoms with Crippen molar-refractivity contribution in [2.75, 3.05) is 0 Å². The van der Waals surface area contributed by atoms with Crippen LogP contribution in [0.1, 0.15) is 49.9 Å². The van der Waals surface area contributed by atoms with E-state index in [9.17, 15) is 0 Å². The van der Waals surface area contributed by atoms with E-state index >= 15 is 0 Å². The molecule has 0 spiro atoms. The molecule has 17 heavy (non-hydrogen) atoms. The van der Waals surface area contributed by atoms with Gasteiger partial charge in [-0.1, -0.05) is 30.9 Å². The average Bonchev–Trinajstić information content (AvgIpc) is 2.85. The largest absolute Gasteiger partial charge is 0.257 e. The summed E-state index contributed by atoms with van der Waals surface area (Å²) in [6.45, 7) is 2.61. The molecule has 1 heterocycles. The quantitative estimate of drug-likeness (QED) is 0.434. The molecular formula is C13H18N4. The van der Waals surface area contributed by atoms with Gasteiger partial charge in [-0.05, 0) is 36.4 Å². The molecule has 1 saturated carbocycles. The summed E-state index contributed by atoms with van der Waals surface area (Å²) in [5.74, 6) is 1.38. The summed E-state index contributed by atoms with van der Waals surface area (Å²) < 4.78 is 0. The molecule has 0 radical (unpaired) electrons. The molecule has 0 aromatic carbocycles. The summed E-state index contributed by atoms with van der Waals surface area (Å²) in [4.78, 5) is 7.40. The summed E-state index contributed by atoms with van der Waals surface area (Å²) in [5, 5.41) is 3.57. The molecular weight excluding hydrogens is 212 g/mol. The number of rotatable bonds is 4. The van der Waals surface area contributed by atoms with Gasteiger partial charge >= 0.3 is 0 Å². The smallest absolute Gasteiger partial charge is 0.0684 e. The molecule has 4 nitrogen and oxygen atoms in total. The highest BCUT2D eigenvalue weighted by Crippen LogP contribution is 2.40. The van der Waals surface area contributed by atoms with E-state index in [1.165, 1.54) is 31.4 Å². The van der Waals surface area contributed by atoms with Gasteiger partial charge in [-0.15, -0.1) is 0 Å². The van der Waals surface area contributed by atoms with E-state index in [1.54, 1.807) is 0 Å². The second-order valence-electron chi connectivity index (χ2n) is 4.65. The van der Waals surface area contributed by atoms with Gasteiger partial charge in [0.15, 0.2) is 0 Å². The van der Waals surface area contributed by atoms with E-state index in [1.807, 2.05) is 12.1 Å². The van der Waals surface area contributed by atoms with Gasteiger partial charge in [-0.25, -0.2) is 0 Å². The second kappa shape index (κ2) is 5.69. The van der Waals surface area contributed by atoms with Crippen molar-refractivity contribution < 1.29 is 0 Å². The number of azide groups is 1. The lowest BCUT2D eigenvalue weighted by Crippen LogP contribution is -2.07. The van der Waals surface area contributed by atoms with Gasteiger partial charge in [-0.3, -0.25) is 4.98 Å². The van der Waals surface area contributed by atoms with Crippen molar-refractivity contribution in [3.63, 3.8) is 0 Å². The minimum Gasteiger partial charge on any atom is -0.257 e. The number of nitrogens with zero attached hydrogens (tertiary/aromatic N) is 4. The van der Waals surface area contributed by atoms with Gasteiger partial charge in [0.05, 0.1) is 6.54 Å². The van der Waals surface area contributed by atoms with Crippen molar-refractivity contribution in [1.82, 2.24) is 4.98 Å². The maximum atomic E-state index is 8.32. The Bertz CT molecular complexity index is 423. The molecule has 0 bridgehead atoms. The fraction of sp³-hybridized carbons (Fsp3) is 0.615. The molecule has 2 atom stereocenters. The van der Waals surface area contributed by atoms with Gasteiger partial charge < -0.3 is 0 Å². The van der Waals surface area contributed by atoms with Gasteiger partial charge in [0.25, 0.3) is 0 Å². The first kappa shape index (κ1) is 11.9. The average molecular weight is 230 g/mol. The van der Waals surface area contributed by atoms with E-state index in [-0.39, 0.29) is 0 Å². The lowest BCUT2D eigenvalue weighted by Gasteiger charge is -2.17. The van der Waals surface area contributed by atoms with Gasteiger partial charge in [0.2, 0.25) is 0 Å². The summed E-state index contributed by atoms with van der Waals surface area (Å²) in [6.07, 6.45) is 5.11. The van der Waals surface area contributed by atoms with Crippen molar-refractivity contribution in [3.8, 4) is 0 Å². The first-order valence-electron chi connectivity index (χ1n) is 6.31. The maximum absolute atomic E-state index is 8.32. The highest BCUT2D eigenvalue weighted by atomic mass is 15.1. The fourth-order valence-electron chi connectivity index (χ4n) is 2.81. The predicted molar refractivity (Wildman–Crippen MR) is 67.5 cm³/mol. The van der Waals surface area contributed by atoms with Crippen LogP contribution in [0.25, 0.3) is 10.4 Å². The molecule has 1 aromatic heterocycles. The Kier molecular flexibility index (Phi) is 3.99. The van der Waals surface area contributed by atoms with Crippen LogP contribution < -0.4 is 0 Å². The molecule has 4 heteroatoms. The molecule has 2 unspecified atom stereocenters. The van der Waals surface area contributed by atoms with Crippen LogP contribution in [0.5, 0.6) is 0 Å². The van der Waals surface area contributed by atoms with Crippen LogP contribution in [0.15, 0.2) is 23.3 Å². The number of pyridine rings is 1. The third-order valence-electron chi connectivity index (χ3n) is 3.69. The monoisotopic (exact) mass is 230 g/mol. The summed E-state index contributed by atoms with van der Waals surface area (Å²) in [6, 6.07) is 6.06. The second-order valence-corrected chi connectivity index (χ2v) is 4.65. The van der Waals surface area contributed by atoms with E-state index in [2.05, 4.69) is 28.0 Å². The van der Waals surface area contributed by atoms with Crippen LogP contribution in [-0.2, 0) is 6.54 Å². The number of aromatic nitrogens is 1. The molecule has 0 saturated heterocycles. The molecule has 2 rings (SSSR count). The highest BCUT2D eigenvalue weighted by Gasteiger charge is 2.27. The van der Waals surface area contributed by atoms with Crippen LogP contribution >= 0.6 is 0 Å². The Labute approximate surface area is 102 Å².